The van der Waals surface area contributed by atoms with Gasteiger partial charge in [0.1, 0.15) is 12.4 Å². The molecule has 0 aromatic heterocycles. The number of esters is 2. The number of hydrogen-bond donors (Lipinski definition) is 2. The van der Waals surface area contributed by atoms with Gasteiger partial charge >= 0.3 is 11.9 Å². The molecule has 2 N–H and O–H groups in total. The minimum Gasteiger partial charge on any atom is -0.454 e. The Morgan fingerprint density at radius 2 is 1.43 bits per heavy atom. The lowest BCUT2D eigenvalue weighted by molar-refractivity contribution is -0.243. The molecule has 53 heavy (non-hydrogen) atoms. The number of benzene rings is 2. The Kier molecular flexibility index (Phi) is 9.29. The lowest BCUT2D eigenvalue weighted by Crippen LogP contribution is -2.72. The maximum absolute atomic E-state index is 13.9. The number of carbonyl (C=O) groups excluding carboxylic acids is 3. The molecule has 7 rings (SSSR count). The predicted octanol–water partition coefficient (Wildman–Crippen LogP) is 8.39. The highest BCUT2D eigenvalue weighted by molar-refractivity contribution is 5.90. The molecule has 0 radical (unpaired) electrons. The van der Waals surface area contributed by atoms with Gasteiger partial charge in [-0.3, -0.25) is 0 Å². The van der Waals surface area contributed by atoms with Crippen molar-refractivity contribution in [3.05, 3.63) is 89.5 Å². The Bertz CT molecular complexity index is 1800. The molecule has 2 aromatic carbocycles. The van der Waals surface area contributed by atoms with Crippen LogP contribution in [0.15, 0.2) is 78.4 Å². The first-order chi connectivity index (χ1) is 25.0. The van der Waals surface area contributed by atoms with Crippen LogP contribution in [0, 0.1) is 50.2 Å². The highest BCUT2D eigenvalue weighted by Crippen LogP contribution is 2.75. The molecule has 0 saturated heterocycles. The van der Waals surface area contributed by atoms with Crippen molar-refractivity contribution in [1.29, 1.82) is 0 Å². The first kappa shape index (κ1) is 37.8. The summed E-state index contributed by atoms with van der Waals surface area (Å²) < 4.78 is 12.7. The topological polar surface area (TPSA) is 110 Å². The minimum atomic E-state index is -1.54. The zero-order chi connectivity index (χ0) is 38.2. The molecule has 284 valence electrons. The first-order valence-corrected chi connectivity index (χ1v) is 19.7. The molecule has 0 aliphatic heterocycles. The van der Waals surface area contributed by atoms with E-state index in [1.165, 1.54) is 6.08 Å². The molecule has 7 nitrogen and oxygen atoms in total. The maximum atomic E-state index is 13.9. The number of rotatable bonds is 6. The van der Waals surface area contributed by atoms with Gasteiger partial charge in [0, 0.05) is 11.5 Å². The van der Waals surface area contributed by atoms with Crippen molar-refractivity contribution in [1.82, 2.24) is 0 Å². The average Bonchev–Trinajstić information content (AvgIpc) is 3.11. The molecule has 4 fully saturated rings. The monoisotopic (exact) mass is 722 g/mol. The lowest BCUT2D eigenvalue weighted by Gasteiger charge is -2.72. The number of ether oxygens (including phenoxy) is 2. The van der Waals surface area contributed by atoms with Gasteiger partial charge in [0.15, 0.2) is 6.10 Å². The van der Waals surface area contributed by atoms with Crippen LogP contribution in [-0.4, -0.2) is 52.9 Å². The van der Waals surface area contributed by atoms with E-state index in [0.29, 0.717) is 30.2 Å². The molecule has 0 spiro atoms. The third kappa shape index (κ3) is 5.61. The van der Waals surface area contributed by atoms with E-state index < -0.39 is 52.4 Å². The van der Waals surface area contributed by atoms with Crippen LogP contribution in [0.5, 0.6) is 0 Å². The van der Waals surface area contributed by atoms with Crippen LogP contribution < -0.4 is 0 Å². The van der Waals surface area contributed by atoms with Gasteiger partial charge in [-0.15, -0.1) is 0 Å². The van der Waals surface area contributed by atoms with Crippen LogP contribution >= 0.6 is 0 Å². The summed E-state index contributed by atoms with van der Waals surface area (Å²) in [4.78, 5) is 41.4. The second-order valence-corrected chi connectivity index (χ2v) is 19.0. The van der Waals surface area contributed by atoms with Gasteiger partial charge in [-0.05, 0) is 108 Å². The Morgan fingerprint density at radius 1 is 0.774 bits per heavy atom. The number of fused-ring (bicyclic) bond motifs is 7. The molecular weight excluding hydrogens is 664 g/mol. The number of aldehydes is 1. The van der Waals surface area contributed by atoms with E-state index in [1.54, 1.807) is 30.3 Å². The van der Waals surface area contributed by atoms with Crippen molar-refractivity contribution in [3.8, 4) is 0 Å². The average molecular weight is 723 g/mol. The molecule has 2 unspecified atom stereocenters. The van der Waals surface area contributed by atoms with Crippen LogP contribution in [0.4, 0.5) is 0 Å². The zero-order valence-corrected chi connectivity index (χ0v) is 32.5. The third-order valence-corrected chi connectivity index (χ3v) is 15.8. The smallest absolute Gasteiger partial charge is 0.338 e. The van der Waals surface area contributed by atoms with E-state index in [4.69, 9.17) is 9.47 Å². The molecule has 5 aliphatic carbocycles. The van der Waals surface area contributed by atoms with Gasteiger partial charge in [0.2, 0.25) is 0 Å². The Labute approximate surface area is 315 Å². The first-order valence-electron chi connectivity index (χ1n) is 19.7. The van der Waals surface area contributed by atoms with Crippen molar-refractivity contribution < 1.29 is 34.1 Å². The van der Waals surface area contributed by atoms with E-state index in [9.17, 15) is 24.6 Å². The largest absolute Gasteiger partial charge is 0.454 e. The van der Waals surface area contributed by atoms with Crippen molar-refractivity contribution >= 4 is 24.3 Å². The Hall–Kier alpha value is -3.55. The minimum absolute atomic E-state index is 0.0106. The molecule has 2 aromatic rings. The van der Waals surface area contributed by atoms with E-state index in [-0.39, 0.29) is 22.3 Å². The van der Waals surface area contributed by atoms with Crippen molar-refractivity contribution in [2.24, 2.45) is 50.2 Å². The van der Waals surface area contributed by atoms with Gasteiger partial charge in [0.25, 0.3) is 0 Å². The second-order valence-electron chi connectivity index (χ2n) is 19.0. The quantitative estimate of drug-likeness (QED) is 0.133. The number of hydrogen-bond acceptors (Lipinski definition) is 7. The van der Waals surface area contributed by atoms with Gasteiger partial charge in [-0.1, -0.05) is 109 Å². The number of aliphatic hydroxyl groups excluding tert-OH is 2. The fourth-order valence-corrected chi connectivity index (χ4v) is 12.7. The number of allylic oxidation sites excluding steroid dienone is 2. The van der Waals surface area contributed by atoms with E-state index in [0.717, 1.165) is 49.5 Å². The summed E-state index contributed by atoms with van der Waals surface area (Å²) in [5, 5.41) is 23.8. The summed E-state index contributed by atoms with van der Waals surface area (Å²) in [6.45, 7) is 15.6. The maximum Gasteiger partial charge on any atom is 0.338 e. The van der Waals surface area contributed by atoms with Crippen LogP contribution in [0.25, 0.3) is 6.08 Å². The molecule has 5 aliphatic rings. The standard InChI is InChI=1S/C46H58O7/c1-41(2)26-32-31-19-20-34-43(5)24-23-35(48)42(3,4)33(43)22-25-44(34,6)45(31,7)27-36(49)46(32,28-47)39(38(41)53-40(51)30-16-12-9-13-17-30)52-37(50)21-18-29-14-10-8-11-15-29/h8-19,21,28,32-36,38-39,48-49H,20,22-27H2,1-7H3/b21-18-/t32?,33?,34-,35+,36-,38+,39+,43+,44-,45-,46+/m1/s1. The Balaban J connectivity index is 1.31. The van der Waals surface area contributed by atoms with Gasteiger partial charge in [0.05, 0.1) is 23.2 Å². The fourth-order valence-electron chi connectivity index (χ4n) is 12.7. The van der Waals surface area contributed by atoms with Crippen LogP contribution in [0.1, 0.15) is 109 Å². The van der Waals surface area contributed by atoms with Crippen LogP contribution in [0.3, 0.4) is 0 Å². The lowest BCUT2D eigenvalue weighted by atomic mass is 9.33. The van der Waals surface area contributed by atoms with E-state index >= 15 is 0 Å². The molecule has 4 saturated carbocycles. The number of aliphatic hydroxyl groups is 2. The second kappa shape index (κ2) is 13.0. The van der Waals surface area contributed by atoms with Gasteiger partial charge in [-0.25, -0.2) is 9.59 Å². The number of carbonyl (C=O) groups is 3. The molecule has 11 atom stereocenters. The normalized spacial score (nSPS) is 41.1. The summed E-state index contributed by atoms with van der Waals surface area (Å²) in [6, 6.07) is 18.1. The van der Waals surface area contributed by atoms with Crippen molar-refractivity contribution in [3.63, 3.8) is 0 Å². The highest BCUT2D eigenvalue weighted by Gasteiger charge is 2.73. The summed E-state index contributed by atoms with van der Waals surface area (Å²) >= 11 is 0. The van der Waals surface area contributed by atoms with Crippen molar-refractivity contribution in [2.75, 3.05) is 0 Å². The summed E-state index contributed by atoms with van der Waals surface area (Å²) in [5.41, 5.74) is -0.750. The van der Waals surface area contributed by atoms with Crippen molar-refractivity contribution in [2.45, 2.75) is 118 Å². The highest BCUT2D eigenvalue weighted by atomic mass is 16.6. The predicted molar refractivity (Wildman–Crippen MR) is 204 cm³/mol. The third-order valence-electron chi connectivity index (χ3n) is 15.8. The van der Waals surface area contributed by atoms with E-state index in [1.807, 2.05) is 50.2 Å². The van der Waals surface area contributed by atoms with Gasteiger partial charge in [-0.2, -0.15) is 0 Å². The molecule has 0 amide bonds. The molecular formula is C46H58O7. The van der Waals surface area contributed by atoms with Gasteiger partial charge < -0.3 is 24.5 Å². The molecule has 0 bridgehead atoms. The fraction of sp³-hybridized carbons (Fsp3) is 0.587. The van der Waals surface area contributed by atoms with Crippen LogP contribution in [-0.2, 0) is 19.1 Å². The molecule has 7 heteroatoms. The summed E-state index contributed by atoms with van der Waals surface area (Å²) in [5.74, 6) is -0.982. The SMILES string of the molecule is CC1(C)CC2C3=CC[C@@H]4[C@@]5(C)CC[C@H](O)C(C)(C)C5CC[C@@]4(C)[C@]3(C)C[C@@H](O)[C@@]2(C=O)[C@@H](OC(=O)/C=C\c2ccccc2)[C@@H]1OC(=O)c1ccccc1. The summed E-state index contributed by atoms with van der Waals surface area (Å²) in [6.07, 6.45) is 7.77. The Morgan fingerprint density at radius 3 is 2.09 bits per heavy atom. The molecule has 0 heterocycles. The van der Waals surface area contributed by atoms with Crippen LogP contribution in [0.2, 0.25) is 0 Å². The summed E-state index contributed by atoms with van der Waals surface area (Å²) in [7, 11) is 0. The van der Waals surface area contributed by atoms with E-state index in [2.05, 4.69) is 40.7 Å². The zero-order valence-electron chi connectivity index (χ0n) is 32.5.